The number of ether oxygens (including phenoxy) is 2. The van der Waals surface area contributed by atoms with Gasteiger partial charge in [0.15, 0.2) is 12.1 Å². The lowest BCUT2D eigenvalue weighted by Crippen LogP contribution is -2.63. The molecule has 2 heterocycles. The van der Waals surface area contributed by atoms with E-state index < -0.39 is 27.0 Å². The number of hydrogen-bond acceptors (Lipinski definition) is 6. The van der Waals surface area contributed by atoms with Crippen LogP contribution < -0.4 is 0 Å². The fourth-order valence-electron chi connectivity index (χ4n) is 9.82. The van der Waals surface area contributed by atoms with Crippen molar-refractivity contribution >= 4 is 28.4 Å². The summed E-state index contributed by atoms with van der Waals surface area (Å²) in [6.07, 6.45) is 7.40. The van der Waals surface area contributed by atoms with Crippen molar-refractivity contribution in [1.29, 1.82) is 0 Å². The second-order valence-electron chi connectivity index (χ2n) is 12.8. The molecule has 7 heteroatoms. The van der Waals surface area contributed by atoms with Crippen molar-refractivity contribution in [3.63, 3.8) is 0 Å². The second-order valence-corrected chi connectivity index (χ2v) is 14.6. The van der Waals surface area contributed by atoms with E-state index in [0.29, 0.717) is 29.7 Å². The van der Waals surface area contributed by atoms with Crippen molar-refractivity contribution < 1.29 is 29.6 Å². The minimum absolute atomic E-state index is 0.0334. The summed E-state index contributed by atoms with van der Waals surface area (Å²) < 4.78 is 12.0. The molecule has 0 aromatic heterocycles. The van der Waals surface area contributed by atoms with E-state index in [2.05, 4.69) is 43.4 Å². The van der Waals surface area contributed by atoms with Gasteiger partial charge in [-0.2, -0.15) is 0 Å². The SMILES string of the molecule is CC1=C(CO)C(O)O[C@@](I)([C@@H](C)[C@H]2CC[C@H]3[C@@H]4C[C@H]5O[C@]56[C@@H](O)C=CC(=O)[C@]6(C)[C@H]4CC[C@]23C)C1. The van der Waals surface area contributed by atoms with Gasteiger partial charge in [-0.05, 0) is 116 Å². The van der Waals surface area contributed by atoms with Crippen molar-refractivity contribution in [3.8, 4) is 0 Å². The molecular weight excluding hydrogens is 559 g/mol. The highest BCUT2D eigenvalue weighted by atomic mass is 127. The summed E-state index contributed by atoms with van der Waals surface area (Å²) in [7, 11) is 0. The van der Waals surface area contributed by atoms with Gasteiger partial charge in [0.1, 0.15) is 15.3 Å². The van der Waals surface area contributed by atoms with Gasteiger partial charge in [-0.25, -0.2) is 0 Å². The summed E-state index contributed by atoms with van der Waals surface area (Å²) in [5.41, 5.74) is 0.395. The monoisotopic (exact) mass is 598 g/mol. The number of halogens is 1. The fourth-order valence-corrected chi connectivity index (χ4v) is 11.1. The van der Waals surface area contributed by atoms with E-state index in [1.165, 1.54) is 0 Å². The average Bonchev–Trinajstić information content (AvgIpc) is 3.43. The minimum Gasteiger partial charge on any atom is -0.392 e. The molecule has 6 aliphatic rings. The molecule has 4 fully saturated rings. The summed E-state index contributed by atoms with van der Waals surface area (Å²) in [6, 6.07) is 0. The smallest absolute Gasteiger partial charge is 0.181 e. The first-order valence-corrected chi connectivity index (χ1v) is 14.4. The van der Waals surface area contributed by atoms with Gasteiger partial charge in [0.25, 0.3) is 0 Å². The number of allylic oxidation sites excluding steroid dienone is 1. The maximum Gasteiger partial charge on any atom is 0.181 e. The van der Waals surface area contributed by atoms with E-state index in [0.717, 1.165) is 37.7 Å². The molecule has 6 nitrogen and oxygen atoms in total. The van der Waals surface area contributed by atoms with Crippen LogP contribution in [0.1, 0.15) is 66.2 Å². The third-order valence-corrected chi connectivity index (χ3v) is 13.4. The van der Waals surface area contributed by atoms with E-state index in [-0.39, 0.29) is 35.7 Å². The van der Waals surface area contributed by atoms with Crippen LogP contribution in [0.25, 0.3) is 0 Å². The van der Waals surface area contributed by atoms with Crippen LogP contribution >= 0.6 is 22.6 Å². The number of aliphatic hydroxyl groups excluding tert-OH is 3. The summed E-state index contributed by atoms with van der Waals surface area (Å²) in [4.78, 5) is 13.3. The van der Waals surface area contributed by atoms with Gasteiger partial charge in [-0.1, -0.05) is 19.4 Å². The first-order chi connectivity index (χ1) is 16.4. The van der Waals surface area contributed by atoms with Crippen molar-refractivity contribution in [2.75, 3.05) is 6.61 Å². The lowest BCUT2D eigenvalue weighted by molar-refractivity contribution is -0.167. The van der Waals surface area contributed by atoms with Crippen LogP contribution in [0.3, 0.4) is 0 Å². The van der Waals surface area contributed by atoms with E-state index in [1.54, 1.807) is 12.2 Å². The topological polar surface area (TPSA) is 99.5 Å². The number of hydrogen-bond donors (Lipinski definition) is 3. The molecule has 35 heavy (non-hydrogen) atoms. The number of alkyl halides is 1. The highest BCUT2D eigenvalue weighted by Gasteiger charge is 2.80. The van der Waals surface area contributed by atoms with E-state index in [4.69, 9.17) is 9.47 Å². The Labute approximate surface area is 221 Å². The van der Waals surface area contributed by atoms with Gasteiger partial charge in [-0.15, -0.1) is 0 Å². The van der Waals surface area contributed by atoms with Crippen LogP contribution in [0.5, 0.6) is 0 Å². The normalized spacial score (nSPS) is 55.7. The predicted molar refractivity (Wildman–Crippen MR) is 138 cm³/mol. The highest BCUT2D eigenvalue weighted by Crippen LogP contribution is 2.73. The molecule has 0 aromatic carbocycles. The van der Waals surface area contributed by atoms with Gasteiger partial charge >= 0.3 is 0 Å². The van der Waals surface area contributed by atoms with Crippen molar-refractivity contribution in [2.24, 2.45) is 40.4 Å². The number of aliphatic hydroxyl groups is 3. The van der Waals surface area contributed by atoms with E-state index in [1.807, 2.05) is 6.92 Å². The Balaban J connectivity index is 1.29. The maximum absolute atomic E-state index is 13.3. The van der Waals surface area contributed by atoms with Crippen molar-refractivity contribution in [2.45, 2.75) is 93.9 Å². The molecule has 1 spiro atoms. The molecule has 4 aliphatic carbocycles. The minimum atomic E-state index is -1.05. The van der Waals surface area contributed by atoms with Crippen LogP contribution in [0.2, 0.25) is 0 Å². The standard InChI is InChI=1S/C28H39IO6/c1-14-12-27(29,35-24(33)17(14)13-30)15(2)18-5-6-19-16-11-23-28(34-23)22(32)8-7-21(31)26(28,4)20(16)9-10-25(18,19)3/h7-8,15-16,18-20,22-24,30,32-33H,5-6,9-13H2,1-4H3/t15-,16-,18+,19-,20-,22-,23+,24?,25+,26-,27+,28+/m0/s1. The lowest BCUT2D eigenvalue weighted by Gasteiger charge is -2.58. The number of carbonyl (C=O) groups is 1. The number of rotatable bonds is 3. The van der Waals surface area contributed by atoms with Gasteiger partial charge in [0, 0.05) is 12.0 Å². The quantitative estimate of drug-likeness (QED) is 0.197. The molecule has 6 rings (SSSR count). The molecule has 3 saturated carbocycles. The van der Waals surface area contributed by atoms with Crippen LogP contribution in [0, 0.1) is 40.4 Å². The predicted octanol–water partition coefficient (Wildman–Crippen LogP) is 3.91. The molecule has 1 saturated heterocycles. The number of epoxide rings is 1. The highest BCUT2D eigenvalue weighted by molar-refractivity contribution is 14.1. The number of carbonyl (C=O) groups excluding carboxylic acids is 1. The van der Waals surface area contributed by atoms with Gasteiger partial charge in [0.2, 0.25) is 0 Å². The zero-order chi connectivity index (χ0) is 25.1. The van der Waals surface area contributed by atoms with Crippen molar-refractivity contribution in [1.82, 2.24) is 0 Å². The third kappa shape index (κ3) is 3.03. The Hall–Kier alpha value is -0.320. The van der Waals surface area contributed by atoms with E-state index in [9.17, 15) is 20.1 Å². The summed E-state index contributed by atoms with van der Waals surface area (Å²) in [5.74, 6) is 1.99. The Morgan fingerprint density at radius 1 is 1.17 bits per heavy atom. The second kappa shape index (κ2) is 7.85. The number of ketones is 1. The Morgan fingerprint density at radius 2 is 1.91 bits per heavy atom. The van der Waals surface area contributed by atoms with Crippen LogP contribution in [-0.2, 0) is 14.3 Å². The average molecular weight is 599 g/mol. The number of fused-ring (bicyclic) bond motifs is 4. The summed E-state index contributed by atoms with van der Waals surface area (Å²) in [5, 5.41) is 31.1. The van der Waals surface area contributed by atoms with Crippen molar-refractivity contribution in [3.05, 3.63) is 23.3 Å². The summed E-state index contributed by atoms with van der Waals surface area (Å²) >= 11 is 2.41. The van der Waals surface area contributed by atoms with Crippen LogP contribution in [0.4, 0.5) is 0 Å². The molecule has 0 bridgehead atoms. The van der Waals surface area contributed by atoms with Gasteiger partial charge in [-0.3, -0.25) is 4.79 Å². The molecule has 2 aliphatic heterocycles. The lowest BCUT2D eigenvalue weighted by atomic mass is 9.44. The Kier molecular flexibility index (Phi) is 5.61. The van der Waals surface area contributed by atoms with Gasteiger partial charge < -0.3 is 24.8 Å². The summed E-state index contributed by atoms with van der Waals surface area (Å²) in [6.45, 7) is 8.63. The molecule has 194 valence electrons. The zero-order valence-corrected chi connectivity index (χ0v) is 23.3. The van der Waals surface area contributed by atoms with Crippen LogP contribution in [0.15, 0.2) is 23.3 Å². The van der Waals surface area contributed by atoms with Gasteiger partial charge in [0.05, 0.1) is 18.1 Å². The van der Waals surface area contributed by atoms with Crippen LogP contribution in [-0.4, -0.2) is 55.4 Å². The third-order valence-electron chi connectivity index (χ3n) is 11.8. The molecule has 12 atom stereocenters. The molecule has 0 radical (unpaired) electrons. The Morgan fingerprint density at radius 3 is 2.60 bits per heavy atom. The fraction of sp³-hybridized carbons (Fsp3) is 0.821. The van der Waals surface area contributed by atoms with E-state index >= 15 is 0 Å². The molecule has 3 N–H and O–H groups in total. The first kappa shape index (κ1) is 25.0. The largest absolute Gasteiger partial charge is 0.392 e. The Bertz CT molecular complexity index is 1010. The molecule has 0 amide bonds. The molecule has 0 aromatic rings. The molecule has 1 unspecified atom stereocenters. The maximum atomic E-state index is 13.3. The zero-order valence-electron chi connectivity index (χ0n) is 21.2. The molecular formula is C28H39IO6. The first-order valence-electron chi connectivity index (χ1n) is 13.4.